The minimum absolute atomic E-state index is 0.00300. The Bertz CT molecular complexity index is 2130. The molecule has 10 nitrogen and oxygen atoms in total. The highest BCUT2D eigenvalue weighted by molar-refractivity contribution is 6.58. The Morgan fingerprint density at radius 1 is 0.843 bits per heavy atom. The van der Waals surface area contributed by atoms with Crippen LogP contribution in [0.2, 0.25) is 5.02 Å². The molecule has 13 heteroatoms. The van der Waals surface area contributed by atoms with Crippen LogP contribution >= 0.6 is 11.6 Å². The lowest BCUT2D eigenvalue weighted by Gasteiger charge is -2.50. The van der Waals surface area contributed by atoms with Crippen molar-refractivity contribution in [2.24, 2.45) is 23.7 Å². The van der Waals surface area contributed by atoms with Crippen molar-refractivity contribution in [1.29, 1.82) is 0 Å². The number of rotatable bonds is 6. The fourth-order valence-electron chi connectivity index (χ4n) is 8.78. The molecule has 6 atom stereocenters. The average Bonchev–Trinajstić information content (AvgIpc) is 3.50. The van der Waals surface area contributed by atoms with Gasteiger partial charge in [-0.25, -0.2) is 4.39 Å². The van der Waals surface area contributed by atoms with E-state index in [9.17, 15) is 33.9 Å². The number of aromatic hydroxyl groups is 1. The summed E-state index contributed by atoms with van der Waals surface area (Å²) in [6.07, 6.45) is 2.15. The quantitative estimate of drug-likeness (QED) is 0.134. The zero-order chi connectivity index (χ0) is 35.8. The normalized spacial score (nSPS) is 26.8. The number of carbonyl (C=O) groups excluding carboxylic acids is 4. The molecule has 3 fully saturated rings. The summed E-state index contributed by atoms with van der Waals surface area (Å²) in [6, 6.07) is 24.3. The number of amides is 4. The van der Waals surface area contributed by atoms with Gasteiger partial charge in [-0.15, -0.1) is 0 Å². The van der Waals surface area contributed by atoms with Crippen LogP contribution in [0, 0.1) is 29.5 Å². The molecule has 2 saturated heterocycles. The molecule has 2 aliphatic carbocycles. The van der Waals surface area contributed by atoms with Crippen molar-refractivity contribution in [3.8, 4) is 5.75 Å². The number of phenols is 1. The summed E-state index contributed by atoms with van der Waals surface area (Å²) in [4.78, 5) is 59.3. The van der Waals surface area contributed by atoms with Crippen LogP contribution < -0.4 is 15.8 Å². The highest BCUT2D eigenvalue weighted by atomic mass is 35.5. The van der Waals surface area contributed by atoms with Gasteiger partial charge in [0.25, 0.3) is 11.8 Å². The van der Waals surface area contributed by atoms with Crippen LogP contribution in [0.25, 0.3) is 0 Å². The maximum Gasteiger partial charge on any atom is 0.488 e. The number of halogens is 2. The van der Waals surface area contributed by atoms with Crippen LogP contribution in [-0.4, -0.2) is 50.9 Å². The van der Waals surface area contributed by atoms with E-state index in [0.717, 1.165) is 15.5 Å². The smallest absolute Gasteiger partial charge is 0.488 e. The molecule has 2 aliphatic heterocycles. The van der Waals surface area contributed by atoms with Crippen molar-refractivity contribution in [3.63, 3.8) is 0 Å². The standard InChI is InChI=1S/C38H30BClFN3O7/c40-23-8-6-21(7-9-23)38-31(35(47)44(37(38)49)42-25-12-10-24(41)11-13-25)19-30-28(33(38)20-4-14-27(45)15-5-20)16-17-29-32(30)36(48)43(34(29)46)26-3-1-2-22(18-26)39(50)51/h1-16,18,29-33,42,45,50-51H,17,19H2/t29-,30+,31-,32-,33-,38+/m0/s1. The second-order valence-corrected chi connectivity index (χ2v) is 13.9. The zero-order valence-corrected chi connectivity index (χ0v) is 27.6. The highest BCUT2D eigenvalue weighted by Crippen LogP contribution is 2.64. The Hall–Kier alpha value is -5.30. The van der Waals surface area contributed by atoms with Crippen molar-refractivity contribution < 1.29 is 38.7 Å². The molecule has 4 amide bonds. The van der Waals surface area contributed by atoms with Crippen molar-refractivity contribution >= 4 is 59.2 Å². The number of imide groups is 2. The fraction of sp³-hybridized carbons (Fsp3) is 0.211. The van der Waals surface area contributed by atoms with E-state index in [0.29, 0.717) is 21.8 Å². The minimum atomic E-state index is -1.81. The predicted molar refractivity (Wildman–Crippen MR) is 186 cm³/mol. The van der Waals surface area contributed by atoms with Gasteiger partial charge < -0.3 is 15.2 Å². The Kier molecular flexibility index (Phi) is 7.86. The van der Waals surface area contributed by atoms with Gasteiger partial charge in [0, 0.05) is 10.9 Å². The number of hydrazine groups is 1. The van der Waals surface area contributed by atoms with Crippen LogP contribution in [0.5, 0.6) is 5.75 Å². The molecule has 8 rings (SSSR count). The number of benzene rings is 4. The first-order valence-electron chi connectivity index (χ1n) is 16.5. The van der Waals surface area contributed by atoms with Crippen LogP contribution in [0.3, 0.4) is 0 Å². The lowest BCUT2D eigenvalue weighted by Crippen LogP contribution is -2.53. The van der Waals surface area contributed by atoms with Gasteiger partial charge in [-0.2, -0.15) is 5.01 Å². The zero-order valence-electron chi connectivity index (χ0n) is 26.8. The van der Waals surface area contributed by atoms with Gasteiger partial charge in [0.05, 0.1) is 34.5 Å². The van der Waals surface area contributed by atoms with E-state index in [1.807, 2.05) is 6.08 Å². The number of allylic oxidation sites excluding steroid dienone is 2. The summed E-state index contributed by atoms with van der Waals surface area (Å²) in [5, 5.41) is 31.2. The maximum atomic E-state index is 15.1. The number of nitrogens with one attached hydrogen (secondary N) is 1. The second kappa shape index (κ2) is 12.2. The SMILES string of the molecule is O=C1[C@@H]2C[C@@H]3C(=CC[C@@H]4C(=O)N(c5cccc(B(O)O)c5)C(=O)[C@@H]43)[C@H](c3ccc(O)cc3)[C@]2(c2ccc(Cl)cc2)C(=O)N1Nc1ccc(F)cc1. The summed E-state index contributed by atoms with van der Waals surface area (Å²) in [6.45, 7) is 0. The van der Waals surface area contributed by atoms with Gasteiger partial charge in [-0.1, -0.05) is 59.6 Å². The number of hydrogen-bond donors (Lipinski definition) is 4. The van der Waals surface area contributed by atoms with Crippen LogP contribution in [-0.2, 0) is 24.6 Å². The Labute approximate surface area is 296 Å². The summed E-state index contributed by atoms with van der Waals surface area (Å²) in [5.74, 6) is -6.62. The third-order valence-electron chi connectivity index (χ3n) is 10.9. The number of nitrogens with zero attached hydrogens (tertiary/aromatic N) is 2. The van der Waals surface area contributed by atoms with Crippen molar-refractivity contribution in [2.45, 2.75) is 24.2 Å². The predicted octanol–water partition coefficient (Wildman–Crippen LogP) is 4.05. The van der Waals surface area contributed by atoms with Crippen molar-refractivity contribution in [3.05, 3.63) is 131 Å². The highest BCUT2D eigenvalue weighted by Gasteiger charge is 2.70. The second-order valence-electron chi connectivity index (χ2n) is 13.4. The van der Waals surface area contributed by atoms with E-state index >= 15 is 4.79 Å². The maximum absolute atomic E-state index is 15.1. The number of anilines is 2. The van der Waals surface area contributed by atoms with Crippen LogP contribution in [0.4, 0.5) is 15.8 Å². The molecule has 1 saturated carbocycles. The van der Waals surface area contributed by atoms with E-state index in [1.165, 1.54) is 54.6 Å². The minimum Gasteiger partial charge on any atom is -0.508 e. The summed E-state index contributed by atoms with van der Waals surface area (Å²) >= 11 is 6.32. The molecule has 0 aromatic heterocycles. The first-order valence-corrected chi connectivity index (χ1v) is 16.9. The average molecular weight is 706 g/mol. The lowest BCUT2D eigenvalue weighted by molar-refractivity contribution is -0.138. The van der Waals surface area contributed by atoms with Gasteiger partial charge >= 0.3 is 7.12 Å². The first-order chi connectivity index (χ1) is 24.5. The third kappa shape index (κ3) is 5.00. The number of carbonyl (C=O) groups is 4. The van der Waals surface area contributed by atoms with Gasteiger partial charge in [0.15, 0.2) is 0 Å². The topological polar surface area (TPSA) is 147 Å². The third-order valence-corrected chi connectivity index (χ3v) is 11.2. The molecule has 51 heavy (non-hydrogen) atoms. The molecule has 2 heterocycles. The van der Waals surface area contributed by atoms with E-state index in [2.05, 4.69) is 5.43 Å². The van der Waals surface area contributed by atoms with E-state index in [4.69, 9.17) is 11.6 Å². The van der Waals surface area contributed by atoms with E-state index in [-0.39, 0.29) is 29.7 Å². The number of phenolic OH excluding ortho intramolecular Hbond substituents is 1. The molecular weight excluding hydrogens is 676 g/mol. The Morgan fingerprint density at radius 2 is 1.55 bits per heavy atom. The van der Waals surface area contributed by atoms with Crippen molar-refractivity contribution in [1.82, 2.24) is 5.01 Å². The molecule has 4 aliphatic rings. The summed E-state index contributed by atoms with van der Waals surface area (Å²) in [5.41, 5.74) is 3.85. The fourth-order valence-corrected chi connectivity index (χ4v) is 8.90. The molecule has 4 N–H and O–H groups in total. The van der Waals surface area contributed by atoms with E-state index < -0.39 is 71.6 Å². The van der Waals surface area contributed by atoms with Gasteiger partial charge in [-0.05, 0) is 96.0 Å². The van der Waals surface area contributed by atoms with Gasteiger partial charge in [0.2, 0.25) is 11.8 Å². The summed E-state index contributed by atoms with van der Waals surface area (Å²) in [7, 11) is -1.81. The molecule has 0 radical (unpaired) electrons. The Morgan fingerprint density at radius 3 is 2.24 bits per heavy atom. The molecule has 4 aromatic rings. The largest absolute Gasteiger partial charge is 0.508 e. The van der Waals surface area contributed by atoms with Crippen LogP contribution in [0.1, 0.15) is 29.9 Å². The molecule has 256 valence electrons. The van der Waals surface area contributed by atoms with Crippen LogP contribution in [0.15, 0.2) is 109 Å². The molecule has 0 bridgehead atoms. The number of hydrogen-bond acceptors (Lipinski definition) is 8. The van der Waals surface area contributed by atoms with Crippen molar-refractivity contribution in [2.75, 3.05) is 10.3 Å². The van der Waals surface area contributed by atoms with Gasteiger partial charge in [0.1, 0.15) is 11.6 Å². The Balaban J connectivity index is 1.30. The first kappa shape index (κ1) is 32.9. The molecule has 0 unspecified atom stereocenters. The molecule has 4 aromatic carbocycles. The monoisotopic (exact) mass is 705 g/mol. The number of fused-ring (bicyclic) bond motifs is 4. The lowest BCUT2D eigenvalue weighted by atomic mass is 9.49. The molecular formula is C38H30BClFN3O7. The van der Waals surface area contributed by atoms with Gasteiger partial charge in [-0.3, -0.25) is 29.5 Å². The van der Waals surface area contributed by atoms with E-state index in [1.54, 1.807) is 42.5 Å². The summed E-state index contributed by atoms with van der Waals surface area (Å²) < 4.78 is 13.8. The molecule has 0 spiro atoms.